The SMILES string of the molecule is NC1CCC(SC2CCCCC2)CC1. The summed E-state index contributed by atoms with van der Waals surface area (Å²) in [6.07, 6.45) is 12.7. The van der Waals surface area contributed by atoms with Gasteiger partial charge in [0.05, 0.1) is 0 Å². The number of rotatable bonds is 2. The summed E-state index contributed by atoms with van der Waals surface area (Å²) in [5.74, 6) is 0. The lowest BCUT2D eigenvalue weighted by atomic mass is 9.96. The number of hydrogen-bond donors (Lipinski definition) is 1. The van der Waals surface area contributed by atoms with Crippen LogP contribution in [-0.2, 0) is 0 Å². The molecule has 2 N–H and O–H groups in total. The van der Waals surface area contributed by atoms with Crippen molar-refractivity contribution in [3.63, 3.8) is 0 Å². The van der Waals surface area contributed by atoms with E-state index in [0.717, 1.165) is 10.5 Å². The average molecular weight is 213 g/mol. The zero-order valence-corrected chi connectivity index (χ0v) is 9.90. The first-order valence-electron chi connectivity index (χ1n) is 6.25. The van der Waals surface area contributed by atoms with E-state index in [0.29, 0.717) is 6.04 Å². The van der Waals surface area contributed by atoms with E-state index in [9.17, 15) is 0 Å². The van der Waals surface area contributed by atoms with Gasteiger partial charge in [0.2, 0.25) is 0 Å². The highest BCUT2D eigenvalue weighted by Crippen LogP contribution is 2.36. The van der Waals surface area contributed by atoms with Gasteiger partial charge in [-0.2, -0.15) is 11.8 Å². The molecule has 14 heavy (non-hydrogen) atoms. The summed E-state index contributed by atoms with van der Waals surface area (Å²) in [5, 5.41) is 1.93. The van der Waals surface area contributed by atoms with Crippen molar-refractivity contribution in [2.24, 2.45) is 5.73 Å². The Labute approximate surface area is 92.2 Å². The molecular weight excluding hydrogens is 190 g/mol. The molecule has 0 spiro atoms. The van der Waals surface area contributed by atoms with Crippen molar-refractivity contribution >= 4 is 11.8 Å². The molecule has 0 heterocycles. The Morgan fingerprint density at radius 1 is 0.714 bits per heavy atom. The van der Waals surface area contributed by atoms with Gasteiger partial charge in [0.1, 0.15) is 0 Å². The molecule has 0 amide bonds. The van der Waals surface area contributed by atoms with Crippen LogP contribution in [0.5, 0.6) is 0 Å². The van der Waals surface area contributed by atoms with E-state index in [1.54, 1.807) is 0 Å². The zero-order valence-electron chi connectivity index (χ0n) is 9.08. The van der Waals surface area contributed by atoms with E-state index in [-0.39, 0.29) is 0 Å². The van der Waals surface area contributed by atoms with Gasteiger partial charge in [0.15, 0.2) is 0 Å². The van der Waals surface area contributed by atoms with Crippen molar-refractivity contribution < 1.29 is 0 Å². The molecule has 0 aromatic rings. The molecular formula is C12H23NS. The number of thioether (sulfide) groups is 1. The van der Waals surface area contributed by atoms with Crippen LogP contribution in [0.2, 0.25) is 0 Å². The van der Waals surface area contributed by atoms with Crippen LogP contribution >= 0.6 is 11.8 Å². The number of nitrogens with two attached hydrogens (primary N) is 1. The smallest absolute Gasteiger partial charge is 0.00509 e. The molecule has 0 atom stereocenters. The molecule has 0 saturated heterocycles. The molecule has 2 fully saturated rings. The van der Waals surface area contributed by atoms with E-state index in [4.69, 9.17) is 5.73 Å². The molecule has 2 aliphatic rings. The van der Waals surface area contributed by atoms with Crippen LogP contribution in [0.25, 0.3) is 0 Å². The van der Waals surface area contributed by atoms with E-state index < -0.39 is 0 Å². The Hall–Kier alpha value is 0.310. The van der Waals surface area contributed by atoms with Crippen LogP contribution in [0.15, 0.2) is 0 Å². The average Bonchev–Trinajstić information content (AvgIpc) is 2.23. The minimum absolute atomic E-state index is 0.512. The first-order valence-corrected chi connectivity index (χ1v) is 7.20. The van der Waals surface area contributed by atoms with Gasteiger partial charge in [-0.25, -0.2) is 0 Å². The molecule has 1 nitrogen and oxygen atoms in total. The monoisotopic (exact) mass is 213 g/mol. The van der Waals surface area contributed by atoms with Gasteiger partial charge >= 0.3 is 0 Å². The molecule has 0 radical (unpaired) electrons. The summed E-state index contributed by atoms with van der Waals surface area (Å²) in [6, 6.07) is 0.512. The normalized spacial score (nSPS) is 35.8. The maximum Gasteiger partial charge on any atom is 0.00509 e. The molecule has 0 aromatic carbocycles. The standard InChI is InChI=1S/C12H23NS/c13-10-6-8-12(9-7-10)14-11-4-2-1-3-5-11/h10-12H,1-9,13H2. The van der Waals surface area contributed by atoms with E-state index in [2.05, 4.69) is 11.8 Å². The third kappa shape index (κ3) is 3.16. The topological polar surface area (TPSA) is 26.0 Å². The number of hydrogen-bond acceptors (Lipinski definition) is 2. The Morgan fingerprint density at radius 2 is 1.29 bits per heavy atom. The predicted octanol–water partition coefficient (Wildman–Crippen LogP) is 3.32. The lowest BCUT2D eigenvalue weighted by Gasteiger charge is -2.30. The maximum absolute atomic E-state index is 5.92. The van der Waals surface area contributed by atoms with Gasteiger partial charge in [0, 0.05) is 16.5 Å². The second-order valence-electron chi connectivity index (χ2n) is 4.93. The molecule has 0 aromatic heterocycles. The summed E-state index contributed by atoms with van der Waals surface area (Å²) in [4.78, 5) is 0. The molecule has 0 bridgehead atoms. The van der Waals surface area contributed by atoms with Crippen molar-refractivity contribution in [1.29, 1.82) is 0 Å². The summed E-state index contributed by atoms with van der Waals surface area (Å²) >= 11 is 2.29. The van der Waals surface area contributed by atoms with Crippen LogP contribution in [0.1, 0.15) is 57.8 Å². The summed E-state index contributed by atoms with van der Waals surface area (Å²) in [7, 11) is 0. The maximum atomic E-state index is 5.92. The second-order valence-corrected chi connectivity index (χ2v) is 6.54. The molecule has 2 saturated carbocycles. The minimum Gasteiger partial charge on any atom is -0.328 e. The van der Waals surface area contributed by atoms with Gasteiger partial charge in [0.25, 0.3) is 0 Å². The van der Waals surface area contributed by atoms with Crippen molar-refractivity contribution in [1.82, 2.24) is 0 Å². The first-order chi connectivity index (χ1) is 6.84. The lowest BCUT2D eigenvalue weighted by Crippen LogP contribution is -2.28. The third-order valence-electron chi connectivity index (χ3n) is 3.66. The highest BCUT2D eigenvalue weighted by atomic mass is 32.2. The van der Waals surface area contributed by atoms with Crippen LogP contribution in [0.3, 0.4) is 0 Å². The Bertz CT molecular complexity index is 158. The van der Waals surface area contributed by atoms with Crippen LogP contribution in [0, 0.1) is 0 Å². The fourth-order valence-electron chi connectivity index (χ4n) is 2.70. The highest BCUT2D eigenvalue weighted by molar-refractivity contribution is 8.00. The quantitative estimate of drug-likeness (QED) is 0.761. The summed E-state index contributed by atoms with van der Waals surface area (Å²) < 4.78 is 0. The van der Waals surface area contributed by atoms with Gasteiger partial charge in [-0.3, -0.25) is 0 Å². The van der Waals surface area contributed by atoms with Crippen LogP contribution in [-0.4, -0.2) is 16.5 Å². The molecule has 2 rings (SSSR count). The van der Waals surface area contributed by atoms with Crippen LogP contribution in [0.4, 0.5) is 0 Å². The zero-order chi connectivity index (χ0) is 9.80. The van der Waals surface area contributed by atoms with Gasteiger partial charge < -0.3 is 5.73 Å². The fourth-order valence-corrected chi connectivity index (χ4v) is 4.39. The van der Waals surface area contributed by atoms with Gasteiger partial charge in [-0.05, 0) is 38.5 Å². The van der Waals surface area contributed by atoms with Crippen molar-refractivity contribution in [3.8, 4) is 0 Å². The lowest BCUT2D eigenvalue weighted by molar-refractivity contribution is 0.446. The second kappa shape index (κ2) is 5.41. The predicted molar refractivity (Wildman–Crippen MR) is 64.7 cm³/mol. The minimum atomic E-state index is 0.512. The largest absolute Gasteiger partial charge is 0.328 e. The van der Waals surface area contributed by atoms with Gasteiger partial charge in [-0.1, -0.05) is 19.3 Å². The van der Waals surface area contributed by atoms with Gasteiger partial charge in [-0.15, -0.1) is 0 Å². The molecule has 0 aliphatic heterocycles. The molecule has 0 unspecified atom stereocenters. The highest BCUT2D eigenvalue weighted by Gasteiger charge is 2.23. The molecule has 82 valence electrons. The Morgan fingerprint density at radius 3 is 1.93 bits per heavy atom. The van der Waals surface area contributed by atoms with Crippen molar-refractivity contribution in [2.45, 2.75) is 74.3 Å². The van der Waals surface area contributed by atoms with E-state index in [1.165, 1.54) is 57.8 Å². The summed E-state index contributed by atoms with van der Waals surface area (Å²) in [6.45, 7) is 0. The summed E-state index contributed by atoms with van der Waals surface area (Å²) in [5.41, 5.74) is 5.92. The first kappa shape index (κ1) is 10.8. The Kier molecular flexibility index (Phi) is 4.18. The molecule has 2 aliphatic carbocycles. The molecule has 2 heteroatoms. The van der Waals surface area contributed by atoms with Crippen molar-refractivity contribution in [2.75, 3.05) is 0 Å². The van der Waals surface area contributed by atoms with E-state index >= 15 is 0 Å². The van der Waals surface area contributed by atoms with Crippen molar-refractivity contribution in [3.05, 3.63) is 0 Å². The Balaban J connectivity index is 1.68. The third-order valence-corrected chi connectivity index (χ3v) is 5.37. The fraction of sp³-hybridized carbons (Fsp3) is 1.00. The van der Waals surface area contributed by atoms with Crippen LogP contribution < -0.4 is 5.73 Å². The van der Waals surface area contributed by atoms with E-state index in [1.807, 2.05) is 0 Å².